The molecule has 1 fully saturated rings. The zero-order valence-electron chi connectivity index (χ0n) is 10.1. The van der Waals surface area contributed by atoms with E-state index in [0.29, 0.717) is 4.88 Å². The number of hydrogen-bond acceptors (Lipinski definition) is 5. The standard InChI is InChI=1S/C10H14BrN3O3S2/c1-5-7(4-8(11)18-5)19(16,17)14-9(6-2-3-6)10(12)13-15/h4,6,9,14-15H,2-3H2,1H3,(H2,12,13). The van der Waals surface area contributed by atoms with Crippen LogP contribution in [0.3, 0.4) is 0 Å². The van der Waals surface area contributed by atoms with E-state index in [1.807, 2.05) is 0 Å². The van der Waals surface area contributed by atoms with Gasteiger partial charge in [0.25, 0.3) is 0 Å². The zero-order valence-corrected chi connectivity index (χ0v) is 13.3. The monoisotopic (exact) mass is 367 g/mol. The molecule has 9 heteroatoms. The molecule has 6 nitrogen and oxygen atoms in total. The van der Waals surface area contributed by atoms with Crippen molar-refractivity contribution in [3.63, 3.8) is 0 Å². The first-order valence-corrected chi connectivity index (χ1v) is 8.70. The largest absolute Gasteiger partial charge is 0.409 e. The fourth-order valence-electron chi connectivity index (χ4n) is 1.82. The van der Waals surface area contributed by atoms with Crippen LogP contribution >= 0.6 is 27.3 Å². The van der Waals surface area contributed by atoms with Crippen LogP contribution in [0.2, 0.25) is 0 Å². The molecule has 0 saturated heterocycles. The molecule has 1 aromatic rings. The fraction of sp³-hybridized carbons (Fsp3) is 0.500. The summed E-state index contributed by atoms with van der Waals surface area (Å²) < 4.78 is 27.9. The Kier molecular flexibility index (Phi) is 4.19. The van der Waals surface area contributed by atoms with Gasteiger partial charge in [0.2, 0.25) is 10.0 Å². The zero-order chi connectivity index (χ0) is 14.2. The summed E-state index contributed by atoms with van der Waals surface area (Å²) in [6, 6.07) is 0.909. The van der Waals surface area contributed by atoms with Crippen LogP contribution in [0.5, 0.6) is 0 Å². The summed E-state index contributed by atoms with van der Waals surface area (Å²) >= 11 is 4.61. The van der Waals surface area contributed by atoms with E-state index < -0.39 is 16.1 Å². The number of nitrogens with one attached hydrogen (secondary N) is 1. The molecule has 1 heterocycles. The van der Waals surface area contributed by atoms with Crippen LogP contribution < -0.4 is 10.5 Å². The predicted molar refractivity (Wildman–Crippen MR) is 77.0 cm³/mol. The Morgan fingerprint density at radius 3 is 2.74 bits per heavy atom. The van der Waals surface area contributed by atoms with Crippen molar-refractivity contribution < 1.29 is 13.6 Å². The van der Waals surface area contributed by atoms with Crippen molar-refractivity contribution in [1.82, 2.24) is 4.72 Å². The van der Waals surface area contributed by atoms with Crippen molar-refractivity contribution in [2.24, 2.45) is 16.8 Å². The molecule has 1 atom stereocenters. The molecule has 1 aromatic heterocycles. The molecule has 0 amide bonds. The molecule has 19 heavy (non-hydrogen) atoms. The minimum atomic E-state index is -3.67. The van der Waals surface area contributed by atoms with E-state index in [1.165, 1.54) is 11.3 Å². The molecule has 0 bridgehead atoms. The third-order valence-electron chi connectivity index (χ3n) is 2.94. The Balaban J connectivity index is 2.27. The van der Waals surface area contributed by atoms with Crippen molar-refractivity contribution in [2.45, 2.75) is 30.7 Å². The number of sulfonamides is 1. The Hall–Kier alpha value is -0.640. The van der Waals surface area contributed by atoms with Crippen LogP contribution in [0.25, 0.3) is 0 Å². The normalized spacial score (nSPS) is 18.5. The van der Waals surface area contributed by atoms with Gasteiger partial charge >= 0.3 is 0 Å². The van der Waals surface area contributed by atoms with Crippen molar-refractivity contribution in [2.75, 3.05) is 0 Å². The van der Waals surface area contributed by atoms with Crippen molar-refractivity contribution in [1.29, 1.82) is 0 Å². The third kappa shape index (κ3) is 3.28. The van der Waals surface area contributed by atoms with Crippen LogP contribution in [-0.4, -0.2) is 25.5 Å². The maximum absolute atomic E-state index is 12.3. The van der Waals surface area contributed by atoms with Gasteiger partial charge in [-0.3, -0.25) is 0 Å². The van der Waals surface area contributed by atoms with Gasteiger partial charge in [-0.05, 0) is 47.7 Å². The van der Waals surface area contributed by atoms with Crippen LogP contribution in [0.1, 0.15) is 17.7 Å². The second-order valence-electron chi connectivity index (χ2n) is 4.43. The highest BCUT2D eigenvalue weighted by Gasteiger charge is 2.37. The lowest BCUT2D eigenvalue weighted by Gasteiger charge is -2.16. The number of hydrogen-bond donors (Lipinski definition) is 3. The van der Waals surface area contributed by atoms with Gasteiger partial charge in [-0.1, -0.05) is 5.16 Å². The Morgan fingerprint density at radius 1 is 1.68 bits per heavy atom. The first-order chi connectivity index (χ1) is 8.85. The molecule has 106 valence electrons. The van der Waals surface area contributed by atoms with Gasteiger partial charge in [0.05, 0.1) is 14.7 Å². The molecule has 1 unspecified atom stereocenters. The highest BCUT2D eigenvalue weighted by Crippen LogP contribution is 2.35. The minimum absolute atomic E-state index is 0.0991. The molecule has 0 spiro atoms. The summed E-state index contributed by atoms with van der Waals surface area (Å²) in [5.74, 6) is 0.00563. The molecular formula is C10H14BrN3O3S2. The number of amidine groups is 1. The molecular weight excluding hydrogens is 354 g/mol. The lowest BCUT2D eigenvalue weighted by molar-refractivity contribution is 0.314. The lowest BCUT2D eigenvalue weighted by Crippen LogP contribution is -2.46. The number of oxime groups is 1. The van der Waals surface area contributed by atoms with E-state index in [2.05, 4.69) is 25.8 Å². The first-order valence-electron chi connectivity index (χ1n) is 5.61. The second kappa shape index (κ2) is 5.39. The van der Waals surface area contributed by atoms with Crippen LogP contribution in [0, 0.1) is 12.8 Å². The van der Waals surface area contributed by atoms with E-state index in [1.54, 1.807) is 13.0 Å². The van der Waals surface area contributed by atoms with Crippen LogP contribution in [0.15, 0.2) is 19.9 Å². The van der Waals surface area contributed by atoms with Crippen LogP contribution in [-0.2, 0) is 10.0 Å². The van der Waals surface area contributed by atoms with Crippen molar-refractivity contribution in [3.05, 3.63) is 14.7 Å². The number of nitrogens with two attached hydrogens (primary N) is 1. The third-order valence-corrected chi connectivity index (χ3v) is 6.19. The average Bonchev–Trinajstić information content (AvgIpc) is 3.10. The van der Waals surface area contributed by atoms with Gasteiger partial charge < -0.3 is 10.9 Å². The molecule has 1 saturated carbocycles. The second-order valence-corrected chi connectivity index (χ2v) is 8.75. The maximum atomic E-state index is 12.3. The van der Waals surface area contributed by atoms with Gasteiger partial charge in [0.15, 0.2) is 5.84 Å². The lowest BCUT2D eigenvalue weighted by atomic mass is 10.2. The Labute approximate surface area is 123 Å². The van der Waals surface area contributed by atoms with Gasteiger partial charge in [0.1, 0.15) is 0 Å². The van der Waals surface area contributed by atoms with Gasteiger partial charge in [-0.15, -0.1) is 11.3 Å². The van der Waals surface area contributed by atoms with E-state index in [9.17, 15) is 8.42 Å². The van der Waals surface area contributed by atoms with E-state index >= 15 is 0 Å². The van der Waals surface area contributed by atoms with Crippen molar-refractivity contribution in [3.8, 4) is 0 Å². The highest BCUT2D eigenvalue weighted by molar-refractivity contribution is 9.11. The molecule has 0 radical (unpaired) electrons. The smallest absolute Gasteiger partial charge is 0.242 e. The Bertz CT molecular complexity index is 608. The van der Waals surface area contributed by atoms with Crippen LogP contribution in [0.4, 0.5) is 0 Å². The average molecular weight is 368 g/mol. The molecule has 0 aromatic carbocycles. The van der Waals surface area contributed by atoms with Gasteiger partial charge in [0, 0.05) is 4.88 Å². The maximum Gasteiger partial charge on any atom is 0.242 e. The highest BCUT2D eigenvalue weighted by atomic mass is 79.9. The summed E-state index contributed by atoms with van der Waals surface area (Å²) in [5.41, 5.74) is 5.55. The molecule has 1 aliphatic rings. The first kappa shape index (κ1) is 14.8. The number of halogens is 1. The fourth-order valence-corrected chi connectivity index (χ4v) is 5.51. The van der Waals surface area contributed by atoms with Gasteiger partial charge in [-0.25, -0.2) is 13.1 Å². The molecule has 4 N–H and O–H groups in total. The summed E-state index contributed by atoms with van der Waals surface area (Å²) in [5, 5.41) is 11.6. The SMILES string of the molecule is Cc1sc(Br)cc1S(=O)(=O)NC(C(N)=NO)C1CC1. The van der Waals surface area contributed by atoms with E-state index in [0.717, 1.165) is 16.6 Å². The van der Waals surface area contributed by atoms with Gasteiger partial charge in [-0.2, -0.15) is 0 Å². The quantitative estimate of drug-likeness (QED) is 0.318. The molecule has 1 aliphatic carbocycles. The number of rotatable bonds is 5. The van der Waals surface area contributed by atoms with Crippen molar-refractivity contribution >= 4 is 43.1 Å². The molecule has 0 aliphatic heterocycles. The number of thiophene rings is 1. The minimum Gasteiger partial charge on any atom is -0.409 e. The number of aryl methyl sites for hydroxylation is 1. The van der Waals surface area contributed by atoms with E-state index in [-0.39, 0.29) is 16.6 Å². The van der Waals surface area contributed by atoms with E-state index in [4.69, 9.17) is 10.9 Å². The molecule has 2 rings (SSSR count). The topological polar surface area (TPSA) is 105 Å². The number of nitrogens with zero attached hydrogens (tertiary/aromatic N) is 1. The Morgan fingerprint density at radius 2 is 2.32 bits per heavy atom. The summed E-state index contributed by atoms with van der Waals surface area (Å²) in [6.45, 7) is 1.74. The predicted octanol–water partition coefficient (Wildman–Crippen LogP) is 1.62. The summed E-state index contributed by atoms with van der Waals surface area (Å²) in [7, 11) is -3.67. The summed E-state index contributed by atoms with van der Waals surface area (Å²) in [6.07, 6.45) is 1.74. The summed E-state index contributed by atoms with van der Waals surface area (Å²) in [4.78, 5) is 0.911.